The summed E-state index contributed by atoms with van der Waals surface area (Å²) in [5, 5.41) is 3.29. The SMILES string of the molecule is O=C(Cn1cnc2ccccc2c1=O)NCCCOc1ccccc1. The number of nitrogens with zero attached hydrogens (tertiary/aromatic N) is 2. The summed E-state index contributed by atoms with van der Waals surface area (Å²) in [4.78, 5) is 28.5. The molecule has 6 nitrogen and oxygen atoms in total. The first kappa shape index (κ1) is 16.7. The maximum atomic E-state index is 12.3. The van der Waals surface area contributed by atoms with Crippen LogP contribution in [0.5, 0.6) is 5.75 Å². The molecule has 3 rings (SSSR count). The van der Waals surface area contributed by atoms with Gasteiger partial charge in [0.25, 0.3) is 5.56 Å². The highest BCUT2D eigenvalue weighted by atomic mass is 16.5. The van der Waals surface area contributed by atoms with Gasteiger partial charge in [-0.1, -0.05) is 30.3 Å². The van der Waals surface area contributed by atoms with Gasteiger partial charge in [-0.05, 0) is 30.7 Å². The Morgan fingerprint density at radius 2 is 1.84 bits per heavy atom. The minimum Gasteiger partial charge on any atom is -0.494 e. The summed E-state index contributed by atoms with van der Waals surface area (Å²) in [6.45, 7) is 0.958. The van der Waals surface area contributed by atoms with Crippen molar-refractivity contribution in [3.05, 3.63) is 71.3 Å². The lowest BCUT2D eigenvalue weighted by Crippen LogP contribution is -2.33. The number of aromatic nitrogens is 2. The number of amides is 1. The molecule has 0 saturated heterocycles. The van der Waals surface area contributed by atoms with Crippen LogP contribution in [0, 0.1) is 0 Å². The van der Waals surface area contributed by atoms with E-state index in [0.29, 0.717) is 30.5 Å². The van der Waals surface area contributed by atoms with E-state index >= 15 is 0 Å². The molecule has 128 valence electrons. The molecule has 3 aromatic rings. The molecule has 25 heavy (non-hydrogen) atoms. The van der Waals surface area contributed by atoms with Gasteiger partial charge in [-0.3, -0.25) is 14.2 Å². The molecule has 0 fully saturated rings. The molecule has 1 aromatic heterocycles. The van der Waals surface area contributed by atoms with Crippen molar-refractivity contribution in [2.24, 2.45) is 0 Å². The van der Waals surface area contributed by atoms with Gasteiger partial charge in [0.1, 0.15) is 12.3 Å². The summed E-state index contributed by atoms with van der Waals surface area (Å²) in [6, 6.07) is 16.6. The van der Waals surface area contributed by atoms with Gasteiger partial charge in [-0.15, -0.1) is 0 Å². The van der Waals surface area contributed by atoms with E-state index < -0.39 is 0 Å². The van der Waals surface area contributed by atoms with Crippen LogP contribution in [0.15, 0.2) is 65.7 Å². The van der Waals surface area contributed by atoms with Gasteiger partial charge < -0.3 is 10.1 Å². The number of nitrogens with one attached hydrogen (secondary N) is 1. The van der Waals surface area contributed by atoms with E-state index in [-0.39, 0.29) is 18.0 Å². The van der Waals surface area contributed by atoms with Crippen LogP contribution in [0.1, 0.15) is 6.42 Å². The number of hydrogen-bond donors (Lipinski definition) is 1. The average molecular weight is 337 g/mol. The van der Waals surface area contributed by atoms with E-state index in [4.69, 9.17) is 4.74 Å². The molecule has 0 atom stereocenters. The molecule has 0 aliphatic rings. The van der Waals surface area contributed by atoms with Gasteiger partial charge in [0.2, 0.25) is 5.91 Å². The third-order valence-corrected chi connectivity index (χ3v) is 3.70. The fourth-order valence-electron chi connectivity index (χ4n) is 2.44. The van der Waals surface area contributed by atoms with Gasteiger partial charge in [0, 0.05) is 6.54 Å². The molecule has 0 bridgehead atoms. The van der Waals surface area contributed by atoms with Crippen molar-refractivity contribution >= 4 is 16.8 Å². The smallest absolute Gasteiger partial charge is 0.261 e. The quantitative estimate of drug-likeness (QED) is 0.669. The lowest BCUT2D eigenvalue weighted by molar-refractivity contribution is -0.121. The first-order chi connectivity index (χ1) is 12.2. The van der Waals surface area contributed by atoms with E-state index in [1.54, 1.807) is 18.2 Å². The van der Waals surface area contributed by atoms with Crippen molar-refractivity contribution < 1.29 is 9.53 Å². The Bertz CT molecular complexity index is 906. The minimum atomic E-state index is -0.223. The zero-order chi connectivity index (χ0) is 17.5. The molecule has 0 aliphatic carbocycles. The largest absolute Gasteiger partial charge is 0.494 e. The Morgan fingerprint density at radius 3 is 2.68 bits per heavy atom. The van der Waals surface area contributed by atoms with Gasteiger partial charge >= 0.3 is 0 Å². The van der Waals surface area contributed by atoms with Crippen molar-refractivity contribution in [1.82, 2.24) is 14.9 Å². The summed E-state index contributed by atoms with van der Waals surface area (Å²) in [5.74, 6) is 0.585. The zero-order valence-corrected chi connectivity index (χ0v) is 13.7. The number of rotatable bonds is 7. The van der Waals surface area contributed by atoms with Crippen molar-refractivity contribution in [2.75, 3.05) is 13.2 Å². The Morgan fingerprint density at radius 1 is 1.08 bits per heavy atom. The molecular weight excluding hydrogens is 318 g/mol. The predicted octanol–water partition coefficient (Wildman–Crippen LogP) is 1.98. The normalized spacial score (nSPS) is 10.6. The second-order valence-corrected chi connectivity index (χ2v) is 5.56. The molecule has 0 saturated carbocycles. The number of fused-ring (bicyclic) bond motifs is 1. The number of hydrogen-bond acceptors (Lipinski definition) is 4. The van der Waals surface area contributed by atoms with Crippen LogP contribution in [0.2, 0.25) is 0 Å². The maximum absolute atomic E-state index is 12.3. The number of benzene rings is 2. The molecule has 6 heteroatoms. The Hall–Kier alpha value is -3.15. The minimum absolute atomic E-state index is 0.0454. The third kappa shape index (κ3) is 4.44. The molecular formula is C19H19N3O3. The van der Waals surface area contributed by atoms with Gasteiger partial charge in [0.05, 0.1) is 23.8 Å². The Balaban J connectivity index is 1.46. The topological polar surface area (TPSA) is 73.2 Å². The average Bonchev–Trinajstić information content (AvgIpc) is 2.65. The van der Waals surface area contributed by atoms with Crippen LogP contribution in [0.4, 0.5) is 0 Å². The van der Waals surface area contributed by atoms with Crippen molar-refractivity contribution in [3.63, 3.8) is 0 Å². The summed E-state index contributed by atoms with van der Waals surface area (Å²) in [7, 11) is 0. The van der Waals surface area contributed by atoms with Crippen molar-refractivity contribution in [1.29, 1.82) is 0 Å². The number of ether oxygens (including phenoxy) is 1. The molecule has 0 aliphatic heterocycles. The van der Waals surface area contributed by atoms with E-state index in [1.807, 2.05) is 36.4 Å². The van der Waals surface area contributed by atoms with E-state index in [2.05, 4.69) is 10.3 Å². The van der Waals surface area contributed by atoms with Crippen molar-refractivity contribution in [3.8, 4) is 5.75 Å². The zero-order valence-electron chi connectivity index (χ0n) is 13.7. The van der Waals surface area contributed by atoms with E-state index in [9.17, 15) is 9.59 Å². The van der Waals surface area contributed by atoms with Crippen LogP contribution >= 0.6 is 0 Å². The summed E-state index contributed by atoms with van der Waals surface area (Å²) in [6.07, 6.45) is 2.09. The Kier molecular flexibility index (Phi) is 5.41. The predicted molar refractivity (Wildman–Crippen MR) is 95.6 cm³/mol. The van der Waals surface area contributed by atoms with E-state index in [1.165, 1.54) is 10.9 Å². The third-order valence-electron chi connectivity index (χ3n) is 3.70. The van der Waals surface area contributed by atoms with E-state index in [0.717, 1.165) is 5.75 Å². The summed E-state index contributed by atoms with van der Waals surface area (Å²) in [5.41, 5.74) is 0.412. The van der Waals surface area contributed by atoms with Gasteiger partial charge in [-0.2, -0.15) is 0 Å². The van der Waals surface area contributed by atoms with Crippen LogP contribution < -0.4 is 15.6 Å². The number of carbonyl (C=O) groups excluding carboxylic acids is 1. The fourth-order valence-corrected chi connectivity index (χ4v) is 2.44. The highest BCUT2D eigenvalue weighted by molar-refractivity contribution is 5.78. The lowest BCUT2D eigenvalue weighted by Gasteiger charge is -2.09. The lowest BCUT2D eigenvalue weighted by atomic mass is 10.2. The summed E-state index contributed by atoms with van der Waals surface area (Å²) >= 11 is 0. The van der Waals surface area contributed by atoms with Crippen LogP contribution in [0.3, 0.4) is 0 Å². The molecule has 1 heterocycles. The Labute approximate surface area is 145 Å². The number of carbonyl (C=O) groups is 1. The van der Waals surface area contributed by atoms with Crippen molar-refractivity contribution in [2.45, 2.75) is 13.0 Å². The van der Waals surface area contributed by atoms with Crippen LogP contribution in [-0.4, -0.2) is 28.6 Å². The summed E-state index contributed by atoms with van der Waals surface area (Å²) < 4.78 is 6.87. The second kappa shape index (κ2) is 8.10. The maximum Gasteiger partial charge on any atom is 0.261 e. The molecule has 1 N–H and O–H groups in total. The van der Waals surface area contributed by atoms with Gasteiger partial charge in [0.15, 0.2) is 0 Å². The van der Waals surface area contributed by atoms with Crippen LogP contribution in [0.25, 0.3) is 10.9 Å². The first-order valence-corrected chi connectivity index (χ1v) is 8.13. The highest BCUT2D eigenvalue weighted by Crippen LogP contribution is 2.08. The van der Waals surface area contributed by atoms with Gasteiger partial charge in [-0.25, -0.2) is 4.98 Å². The van der Waals surface area contributed by atoms with Crippen LogP contribution in [-0.2, 0) is 11.3 Å². The number of para-hydroxylation sites is 2. The molecule has 0 radical (unpaired) electrons. The standard InChI is InChI=1S/C19H19N3O3/c23-18(20-11-6-12-25-15-7-2-1-3-8-15)13-22-14-21-17-10-5-4-9-16(17)19(22)24/h1-5,7-10,14H,6,11-13H2,(H,20,23). The molecule has 2 aromatic carbocycles. The first-order valence-electron chi connectivity index (χ1n) is 8.13. The molecule has 0 unspecified atom stereocenters. The monoisotopic (exact) mass is 337 g/mol. The fraction of sp³-hybridized carbons (Fsp3) is 0.211. The second-order valence-electron chi connectivity index (χ2n) is 5.56. The molecule has 1 amide bonds. The molecule has 0 spiro atoms. The highest BCUT2D eigenvalue weighted by Gasteiger charge is 2.07.